The normalized spacial score (nSPS) is 10.9. The number of thioether (sulfide) groups is 1. The van der Waals surface area contributed by atoms with Crippen molar-refractivity contribution >= 4 is 11.8 Å². The van der Waals surface area contributed by atoms with Crippen LogP contribution in [0.2, 0.25) is 0 Å². The monoisotopic (exact) mass is 467 g/mol. The lowest BCUT2D eigenvalue weighted by atomic mass is 10.2. The lowest BCUT2D eigenvalue weighted by molar-refractivity contribution is 0.261. The second kappa shape index (κ2) is 10.9. The van der Waals surface area contributed by atoms with Crippen molar-refractivity contribution in [3.63, 3.8) is 0 Å². The number of rotatable bonds is 11. The molecule has 9 heteroatoms. The number of benzene rings is 2. The Morgan fingerprint density at radius 3 is 2.18 bits per heavy atom. The van der Waals surface area contributed by atoms with Gasteiger partial charge >= 0.3 is 0 Å². The van der Waals surface area contributed by atoms with E-state index in [1.54, 1.807) is 6.20 Å². The average Bonchev–Trinajstić information content (AvgIpc) is 3.50. The first-order valence-corrected chi connectivity index (χ1v) is 11.7. The summed E-state index contributed by atoms with van der Waals surface area (Å²) in [6.07, 6.45) is 1.72. The highest BCUT2D eigenvalue weighted by Crippen LogP contribution is 2.42. The first-order chi connectivity index (χ1) is 16.2. The molecule has 172 valence electrons. The van der Waals surface area contributed by atoms with Gasteiger partial charge in [-0.3, -0.25) is 0 Å². The highest BCUT2D eigenvalue weighted by molar-refractivity contribution is 7.98. The number of nitrogens with zero attached hydrogens (tertiary/aromatic N) is 3. The Balaban J connectivity index is 1.50. The van der Waals surface area contributed by atoms with Crippen LogP contribution >= 0.6 is 11.8 Å². The van der Waals surface area contributed by atoms with E-state index < -0.39 is 0 Å². The maximum Gasteiger partial charge on any atom is 0.277 e. The summed E-state index contributed by atoms with van der Waals surface area (Å²) in [6, 6.07) is 13.5. The van der Waals surface area contributed by atoms with Gasteiger partial charge in [-0.05, 0) is 32.9 Å². The molecule has 0 aliphatic carbocycles. The fourth-order valence-electron chi connectivity index (χ4n) is 3.13. The molecule has 0 spiro atoms. The van der Waals surface area contributed by atoms with E-state index in [1.807, 2.05) is 63.2 Å². The van der Waals surface area contributed by atoms with Crippen molar-refractivity contribution in [2.75, 3.05) is 19.8 Å². The molecule has 0 saturated heterocycles. The molecule has 8 nitrogen and oxygen atoms in total. The van der Waals surface area contributed by atoms with Crippen LogP contribution in [0.4, 0.5) is 0 Å². The standard InChI is InChI=1S/C24H25N3O5S/c1-4-28-18-12-17(13-19(29-5-2)22(18)30-6-3)23-26-27-24(32-23)33-15-21-25-14-20(31-21)16-10-8-7-9-11-16/h7-14H,4-6,15H2,1-3H3. The van der Waals surface area contributed by atoms with Gasteiger partial charge in [0.05, 0.1) is 31.8 Å². The number of hydrogen-bond donors (Lipinski definition) is 0. The molecular weight excluding hydrogens is 442 g/mol. The second-order valence-electron chi connectivity index (χ2n) is 6.75. The van der Waals surface area contributed by atoms with Gasteiger partial charge in [-0.15, -0.1) is 10.2 Å². The highest BCUT2D eigenvalue weighted by Gasteiger charge is 2.19. The van der Waals surface area contributed by atoms with Crippen molar-refractivity contribution < 1.29 is 23.0 Å². The zero-order valence-electron chi connectivity index (χ0n) is 18.7. The molecule has 0 fully saturated rings. The Morgan fingerprint density at radius 2 is 1.52 bits per heavy atom. The third-order valence-corrected chi connectivity index (χ3v) is 5.30. The Kier molecular flexibility index (Phi) is 7.51. The van der Waals surface area contributed by atoms with Crippen molar-refractivity contribution in [1.82, 2.24) is 15.2 Å². The molecule has 0 saturated carbocycles. The molecule has 33 heavy (non-hydrogen) atoms. The summed E-state index contributed by atoms with van der Waals surface area (Å²) in [7, 11) is 0. The van der Waals surface area contributed by atoms with Crippen LogP contribution in [0, 0.1) is 0 Å². The van der Waals surface area contributed by atoms with Crippen LogP contribution < -0.4 is 14.2 Å². The van der Waals surface area contributed by atoms with E-state index in [0.717, 1.165) is 11.3 Å². The van der Waals surface area contributed by atoms with Crippen LogP contribution in [-0.4, -0.2) is 35.0 Å². The summed E-state index contributed by atoms with van der Waals surface area (Å²) in [6.45, 7) is 7.21. The van der Waals surface area contributed by atoms with Crippen LogP contribution in [0.5, 0.6) is 17.2 Å². The number of ether oxygens (including phenoxy) is 3. The number of hydrogen-bond acceptors (Lipinski definition) is 9. The quantitative estimate of drug-likeness (QED) is 0.251. The first kappa shape index (κ1) is 22.7. The van der Waals surface area contributed by atoms with Crippen molar-refractivity contribution in [2.24, 2.45) is 0 Å². The fourth-order valence-corrected chi connectivity index (χ4v) is 3.75. The summed E-state index contributed by atoms with van der Waals surface area (Å²) in [4.78, 5) is 4.34. The summed E-state index contributed by atoms with van der Waals surface area (Å²) in [5.41, 5.74) is 1.67. The van der Waals surface area contributed by atoms with Gasteiger partial charge in [-0.2, -0.15) is 0 Å². The Hall–Kier alpha value is -3.46. The largest absolute Gasteiger partial charge is 0.490 e. The Morgan fingerprint density at radius 1 is 0.818 bits per heavy atom. The summed E-state index contributed by atoms with van der Waals surface area (Å²) in [5.74, 6) is 3.83. The van der Waals surface area contributed by atoms with Crippen LogP contribution in [-0.2, 0) is 5.75 Å². The molecule has 0 aliphatic rings. The zero-order valence-corrected chi connectivity index (χ0v) is 19.6. The Bertz CT molecular complexity index is 1150. The molecule has 2 aromatic carbocycles. The summed E-state index contributed by atoms with van der Waals surface area (Å²) < 4.78 is 29.0. The Labute approximate surface area is 196 Å². The number of aromatic nitrogens is 3. The molecule has 0 atom stereocenters. The third-order valence-electron chi connectivity index (χ3n) is 4.49. The molecule has 0 aliphatic heterocycles. The van der Waals surface area contributed by atoms with Crippen LogP contribution in [0.1, 0.15) is 26.7 Å². The van der Waals surface area contributed by atoms with E-state index in [1.165, 1.54) is 11.8 Å². The van der Waals surface area contributed by atoms with E-state index in [-0.39, 0.29) is 0 Å². The maximum atomic E-state index is 5.87. The highest BCUT2D eigenvalue weighted by atomic mass is 32.2. The van der Waals surface area contributed by atoms with Gasteiger partial charge in [0, 0.05) is 11.1 Å². The molecule has 2 aromatic heterocycles. The lowest BCUT2D eigenvalue weighted by Gasteiger charge is -2.16. The molecule has 0 N–H and O–H groups in total. The van der Waals surface area contributed by atoms with E-state index in [2.05, 4.69) is 15.2 Å². The average molecular weight is 468 g/mol. The fraction of sp³-hybridized carbons (Fsp3) is 0.292. The predicted molar refractivity (Wildman–Crippen MR) is 125 cm³/mol. The van der Waals surface area contributed by atoms with E-state index in [4.69, 9.17) is 23.0 Å². The molecule has 4 aromatic rings. The van der Waals surface area contributed by atoms with Gasteiger partial charge in [0.2, 0.25) is 17.5 Å². The second-order valence-corrected chi connectivity index (χ2v) is 7.67. The van der Waals surface area contributed by atoms with Crippen LogP contribution in [0.25, 0.3) is 22.8 Å². The minimum absolute atomic E-state index is 0.361. The van der Waals surface area contributed by atoms with Crippen molar-refractivity contribution in [3.8, 4) is 40.0 Å². The summed E-state index contributed by atoms with van der Waals surface area (Å²) >= 11 is 1.35. The maximum absolute atomic E-state index is 5.87. The molecule has 4 rings (SSSR count). The molecule has 0 bridgehead atoms. The molecule has 0 unspecified atom stereocenters. The van der Waals surface area contributed by atoms with Crippen LogP contribution in [0.15, 0.2) is 62.7 Å². The smallest absolute Gasteiger partial charge is 0.277 e. The minimum Gasteiger partial charge on any atom is -0.490 e. The molecule has 0 amide bonds. The first-order valence-electron chi connectivity index (χ1n) is 10.7. The van der Waals surface area contributed by atoms with Gasteiger partial charge in [0.25, 0.3) is 5.22 Å². The van der Waals surface area contributed by atoms with Gasteiger partial charge in [-0.25, -0.2) is 4.98 Å². The van der Waals surface area contributed by atoms with E-state index >= 15 is 0 Å². The topological polar surface area (TPSA) is 92.6 Å². The van der Waals surface area contributed by atoms with Crippen molar-refractivity contribution in [3.05, 3.63) is 54.6 Å². The van der Waals surface area contributed by atoms with Gasteiger partial charge in [-0.1, -0.05) is 42.1 Å². The minimum atomic E-state index is 0.361. The molecule has 2 heterocycles. The van der Waals surface area contributed by atoms with Gasteiger partial charge in [0.15, 0.2) is 17.3 Å². The van der Waals surface area contributed by atoms with Crippen molar-refractivity contribution in [2.45, 2.75) is 31.7 Å². The van der Waals surface area contributed by atoms with E-state index in [0.29, 0.717) is 65.4 Å². The van der Waals surface area contributed by atoms with Gasteiger partial charge in [0.1, 0.15) is 0 Å². The van der Waals surface area contributed by atoms with Crippen LogP contribution in [0.3, 0.4) is 0 Å². The van der Waals surface area contributed by atoms with E-state index in [9.17, 15) is 0 Å². The number of oxazole rings is 1. The summed E-state index contributed by atoms with van der Waals surface area (Å²) in [5, 5.41) is 8.75. The predicted octanol–water partition coefficient (Wildman–Crippen LogP) is 5.88. The van der Waals surface area contributed by atoms with Gasteiger partial charge < -0.3 is 23.0 Å². The van der Waals surface area contributed by atoms with Crippen molar-refractivity contribution in [1.29, 1.82) is 0 Å². The molecular formula is C24H25N3O5S. The molecule has 0 radical (unpaired) electrons. The third kappa shape index (κ3) is 5.48. The zero-order chi connectivity index (χ0) is 23.0. The SMILES string of the molecule is CCOc1cc(-c2nnc(SCc3ncc(-c4ccccc4)o3)o2)cc(OCC)c1OCC. The lowest BCUT2D eigenvalue weighted by Crippen LogP contribution is -2.03.